The fraction of sp³-hybridized carbons (Fsp3) is 1.00. The highest BCUT2D eigenvalue weighted by Crippen LogP contribution is 2.43. The Morgan fingerprint density at radius 3 is 2.44 bits per heavy atom. The van der Waals surface area contributed by atoms with E-state index in [9.17, 15) is 0 Å². The van der Waals surface area contributed by atoms with Crippen LogP contribution >= 0.6 is 0 Å². The van der Waals surface area contributed by atoms with E-state index in [0.717, 1.165) is 5.92 Å². The highest BCUT2D eigenvalue weighted by molar-refractivity contribution is 6.15. The van der Waals surface area contributed by atoms with Crippen LogP contribution in [0.2, 0.25) is 5.31 Å². The molecule has 0 aliphatic heterocycles. The molecule has 0 spiro atoms. The van der Waals surface area contributed by atoms with Crippen molar-refractivity contribution in [3.8, 4) is 0 Å². The van der Waals surface area contributed by atoms with Crippen LogP contribution in [0.3, 0.4) is 0 Å². The van der Waals surface area contributed by atoms with Gasteiger partial charge in [0.15, 0.2) is 0 Å². The Hall–Kier alpha value is 0.0649. The van der Waals surface area contributed by atoms with Gasteiger partial charge >= 0.3 is 0 Å². The van der Waals surface area contributed by atoms with Crippen molar-refractivity contribution < 1.29 is 0 Å². The Labute approximate surface area is 59.4 Å². The predicted molar refractivity (Wildman–Crippen MR) is 41.8 cm³/mol. The van der Waals surface area contributed by atoms with Crippen LogP contribution in [0.25, 0.3) is 0 Å². The van der Waals surface area contributed by atoms with Crippen molar-refractivity contribution in [2.45, 2.75) is 44.8 Å². The minimum atomic E-state index is 0.137. The van der Waals surface area contributed by atoms with Gasteiger partial charge in [-0.05, 0) is 5.92 Å². The van der Waals surface area contributed by atoms with Gasteiger partial charge in [-0.25, -0.2) is 0 Å². The molecule has 1 rings (SSSR count). The molecule has 1 aliphatic carbocycles. The number of rotatable bonds is 0. The summed E-state index contributed by atoms with van der Waals surface area (Å²) in [6.45, 7) is 4.44. The lowest BCUT2D eigenvalue weighted by Crippen LogP contribution is -2.22. The first-order valence-electron chi connectivity index (χ1n) is 3.92. The molecule has 2 unspecified atom stereocenters. The minimum absolute atomic E-state index is 0.137. The first kappa shape index (κ1) is 7.18. The third kappa shape index (κ3) is 1.50. The first-order chi connectivity index (χ1) is 4.13. The van der Waals surface area contributed by atoms with Crippen molar-refractivity contribution in [3.05, 3.63) is 0 Å². The topological polar surface area (TPSA) is 0 Å². The molecular formula is C8H15B. The second-order valence-electron chi connectivity index (χ2n) is 3.65. The van der Waals surface area contributed by atoms with E-state index in [1.54, 1.807) is 0 Å². The summed E-state index contributed by atoms with van der Waals surface area (Å²) in [5.41, 5.74) is 0. The molecule has 0 N–H and O–H groups in total. The van der Waals surface area contributed by atoms with Crippen molar-refractivity contribution in [1.82, 2.24) is 0 Å². The Kier molecular flexibility index (Phi) is 1.88. The van der Waals surface area contributed by atoms with Gasteiger partial charge < -0.3 is 0 Å². The Morgan fingerprint density at radius 1 is 1.44 bits per heavy atom. The zero-order chi connectivity index (χ0) is 6.91. The van der Waals surface area contributed by atoms with Crippen molar-refractivity contribution in [1.29, 1.82) is 0 Å². The maximum absolute atomic E-state index is 6.02. The Bertz CT molecular complexity index is 96.7. The van der Waals surface area contributed by atoms with Crippen molar-refractivity contribution >= 4 is 7.85 Å². The zero-order valence-corrected chi connectivity index (χ0v) is 6.48. The van der Waals surface area contributed by atoms with Crippen LogP contribution in [-0.2, 0) is 0 Å². The van der Waals surface area contributed by atoms with Gasteiger partial charge in [-0.1, -0.05) is 44.8 Å². The van der Waals surface area contributed by atoms with Crippen molar-refractivity contribution in [3.63, 3.8) is 0 Å². The molecule has 2 radical (unpaired) electrons. The van der Waals surface area contributed by atoms with Gasteiger partial charge in [0.1, 0.15) is 0 Å². The molecule has 1 aliphatic rings. The number of hydrogen-bond donors (Lipinski definition) is 0. The lowest BCUT2D eigenvalue weighted by Gasteiger charge is -2.36. The molecule has 9 heavy (non-hydrogen) atoms. The van der Waals surface area contributed by atoms with Gasteiger partial charge in [0, 0.05) is 0 Å². The van der Waals surface area contributed by atoms with E-state index in [-0.39, 0.29) is 5.31 Å². The lowest BCUT2D eigenvalue weighted by atomic mass is 9.56. The molecule has 0 aromatic rings. The van der Waals surface area contributed by atoms with E-state index in [0.29, 0.717) is 0 Å². The van der Waals surface area contributed by atoms with Crippen LogP contribution in [0.4, 0.5) is 0 Å². The molecule has 2 atom stereocenters. The van der Waals surface area contributed by atoms with Gasteiger partial charge in [0.25, 0.3) is 0 Å². The minimum Gasteiger partial charge on any atom is -0.0674 e. The molecule has 0 saturated heterocycles. The average Bonchev–Trinajstić information content (AvgIpc) is 1.77. The molecule has 1 heteroatoms. The van der Waals surface area contributed by atoms with E-state index < -0.39 is 0 Å². The van der Waals surface area contributed by atoms with Crippen LogP contribution in [0.5, 0.6) is 0 Å². The molecule has 50 valence electrons. The SMILES string of the molecule is [B]C1(C)CCCCC1C. The van der Waals surface area contributed by atoms with Crippen molar-refractivity contribution in [2.75, 3.05) is 0 Å². The first-order valence-corrected chi connectivity index (χ1v) is 3.92. The van der Waals surface area contributed by atoms with E-state index in [1.807, 2.05) is 0 Å². The number of hydrogen-bond acceptors (Lipinski definition) is 0. The Morgan fingerprint density at radius 2 is 2.11 bits per heavy atom. The normalized spacial score (nSPS) is 44.9. The van der Waals surface area contributed by atoms with E-state index in [1.165, 1.54) is 25.7 Å². The van der Waals surface area contributed by atoms with Crippen LogP contribution in [0.1, 0.15) is 39.5 Å². The molecular weight excluding hydrogens is 107 g/mol. The largest absolute Gasteiger partial charge is 0.0746 e. The average molecular weight is 122 g/mol. The maximum Gasteiger partial charge on any atom is 0.0746 e. The van der Waals surface area contributed by atoms with Crippen molar-refractivity contribution in [2.24, 2.45) is 5.92 Å². The second-order valence-corrected chi connectivity index (χ2v) is 3.65. The molecule has 0 amide bonds. The third-order valence-corrected chi connectivity index (χ3v) is 2.73. The molecule has 0 bridgehead atoms. The van der Waals surface area contributed by atoms with Crippen LogP contribution in [0, 0.1) is 5.92 Å². The van der Waals surface area contributed by atoms with Gasteiger partial charge in [-0.3, -0.25) is 0 Å². The monoisotopic (exact) mass is 122 g/mol. The highest BCUT2D eigenvalue weighted by Gasteiger charge is 2.27. The van der Waals surface area contributed by atoms with Crippen LogP contribution < -0.4 is 0 Å². The summed E-state index contributed by atoms with van der Waals surface area (Å²) < 4.78 is 0. The quantitative estimate of drug-likeness (QED) is 0.433. The fourth-order valence-corrected chi connectivity index (χ4v) is 1.53. The smallest absolute Gasteiger partial charge is 0.0674 e. The second kappa shape index (κ2) is 2.36. The molecule has 0 nitrogen and oxygen atoms in total. The summed E-state index contributed by atoms with van der Waals surface area (Å²) in [5.74, 6) is 0.728. The fourth-order valence-electron chi connectivity index (χ4n) is 1.53. The summed E-state index contributed by atoms with van der Waals surface area (Å²) in [4.78, 5) is 0. The van der Waals surface area contributed by atoms with Crippen LogP contribution in [-0.4, -0.2) is 7.85 Å². The highest BCUT2D eigenvalue weighted by atomic mass is 14.3. The Balaban J connectivity index is 2.49. The van der Waals surface area contributed by atoms with Gasteiger partial charge in [0.2, 0.25) is 0 Å². The summed E-state index contributed by atoms with van der Waals surface area (Å²) in [6, 6.07) is 0. The summed E-state index contributed by atoms with van der Waals surface area (Å²) in [6.07, 6.45) is 5.26. The zero-order valence-electron chi connectivity index (χ0n) is 6.48. The molecule has 1 saturated carbocycles. The van der Waals surface area contributed by atoms with Gasteiger partial charge in [-0.15, -0.1) is 0 Å². The summed E-state index contributed by atoms with van der Waals surface area (Å²) in [5, 5.41) is 0.137. The third-order valence-electron chi connectivity index (χ3n) is 2.73. The predicted octanol–water partition coefficient (Wildman–Crippen LogP) is 2.54. The molecule has 1 fully saturated rings. The van der Waals surface area contributed by atoms with E-state index >= 15 is 0 Å². The van der Waals surface area contributed by atoms with E-state index in [2.05, 4.69) is 13.8 Å². The van der Waals surface area contributed by atoms with Gasteiger partial charge in [0.05, 0.1) is 7.85 Å². The van der Waals surface area contributed by atoms with Crippen LogP contribution in [0.15, 0.2) is 0 Å². The van der Waals surface area contributed by atoms with E-state index in [4.69, 9.17) is 7.85 Å². The standard InChI is InChI=1S/C8H15B/c1-7-5-3-4-6-8(7,2)9/h7H,3-6H2,1-2H3. The summed E-state index contributed by atoms with van der Waals surface area (Å²) in [7, 11) is 6.02. The molecule has 0 heterocycles. The molecule has 0 aromatic carbocycles. The maximum atomic E-state index is 6.02. The lowest BCUT2D eigenvalue weighted by molar-refractivity contribution is 0.295. The molecule has 0 aromatic heterocycles. The van der Waals surface area contributed by atoms with Gasteiger partial charge in [-0.2, -0.15) is 0 Å². The summed E-state index contributed by atoms with van der Waals surface area (Å²) >= 11 is 0.